The van der Waals surface area contributed by atoms with Crippen molar-refractivity contribution in [1.29, 1.82) is 0 Å². The van der Waals surface area contributed by atoms with Crippen molar-refractivity contribution < 1.29 is 20.4 Å². The zero-order chi connectivity index (χ0) is 26.1. The summed E-state index contributed by atoms with van der Waals surface area (Å²) < 4.78 is 0. The highest BCUT2D eigenvalue weighted by Crippen LogP contribution is 2.58. The van der Waals surface area contributed by atoms with Gasteiger partial charge in [-0.2, -0.15) is 0 Å². The largest absolute Gasteiger partial charge is 0.508 e. The Morgan fingerprint density at radius 2 is 0.605 bits per heavy atom. The Balaban J connectivity index is 0.000000127. The average molecular weight is 505 g/mol. The third-order valence-corrected chi connectivity index (χ3v) is 9.71. The van der Waals surface area contributed by atoms with Crippen LogP contribution in [0.1, 0.15) is 70.2 Å². The molecule has 4 aromatic carbocycles. The highest BCUT2D eigenvalue weighted by atomic mass is 16.3. The summed E-state index contributed by atoms with van der Waals surface area (Å²) in [7, 11) is 0. The van der Waals surface area contributed by atoms with Gasteiger partial charge in [0.15, 0.2) is 0 Å². The van der Waals surface area contributed by atoms with Crippen molar-refractivity contribution in [3.05, 3.63) is 117 Å². The van der Waals surface area contributed by atoms with Gasteiger partial charge in [0, 0.05) is 33.1 Å². The minimum absolute atomic E-state index is 0.165. The number of hydrogen-bond donors (Lipinski definition) is 4. The van der Waals surface area contributed by atoms with E-state index in [0.717, 1.165) is 73.6 Å². The molecule has 0 atom stereocenters. The quantitative estimate of drug-likeness (QED) is 0.219. The van der Waals surface area contributed by atoms with Gasteiger partial charge in [0.25, 0.3) is 0 Å². The van der Waals surface area contributed by atoms with Crippen LogP contribution in [-0.4, -0.2) is 20.4 Å². The zero-order valence-electron chi connectivity index (χ0n) is 21.4. The molecule has 0 heterocycles. The SMILES string of the molecule is Oc1cccc2c1C1(CC2)CCc2cccc(O)c21.Oc1cccc2c1C1(CC2)CCc2cccc(O)c21. The fourth-order valence-electron chi connectivity index (χ4n) is 8.28. The van der Waals surface area contributed by atoms with Crippen LogP contribution in [0.5, 0.6) is 23.0 Å². The number of aryl methyl sites for hydroxylation is 4. The Hall–Kier alpha value is -3.92. The lowest BCUT2D eigenvalue weighted by molar-refractivity contribution is 0.415. The van der Waals surface area contributed by atoms with E-state index in [1.165, 1.54) is 22.3 Å². The summed E-state index contributed by atoms with van der Waals surface area (Å²) in [4.78, 5) is 0. The van der Waals surface area contributed by atoms with Crippen LogP contribution < -0.4 is 0 Å². The summed E-state index contributed by atoms with van der Waals surface area (Å²) in [5, 5.41) is 41.2. The Morgan fingerprint density at radius 1 is 0.368 bits per heavy atom. The summed E-state index contributed by atoms with van der Waals surface area (Å²) in [6.07, 6.45) is 7.90. The van der Waals surface area contributed by atoms with Crippen molar-refractivity contribution in [2.45, 2.75) is 62.2 Å². The molecule has 38 heavy (non-hydrogen) atoms. The lowest BCUT2D eigenvalue weighted by atomic mass is 9.76. The number of benzene rings is 4. The van der Waals surface area contributed by atoms with E-state index in [0.29, 0.717) is 23.0 Å². The summed E-state index contributed by atoms with van der Waals surface area (Å²) in [5.41, 5.74) is 8.80. The van der Waals surface area contributed by atoms with E-state index in [2.05, 4.69) is 24.3 Å². The van der Waals surface area contributed by atoms with Gasteiger partial charge in [0.2, 0.25) is 0 Å². The molecule has 0 radical (unpaired) electrons. The molecule has 4 N–H and O–H groups in total. The van der Waals surface area contributed by atoms with Crippen LogP contribution in [0, 0.1) is 0 Å². The first-order valence-electron chi connectivity index (χ1n) is 13.7. The molecule has 2 spiro atoms. The van der Waals surface area contributed by atoms with Crippen LogP contribution in [0.3, 0.4) is 0 Å². The average Bonchev–Trinajstić information content (AvgIpc) is 3.68. The Bertz CT molecular complexity index is 1350. The third-order valence-electron chi connectivity index (χ3n) is 9.71. The molecule has 0 saturated carbocycles. The Kier molecular flexibility index (Phi) is 5.07. The predicted octanol–water partition coefficient (Wildman–Crippen LogP) is 6.55. The van der Waals surface area contributed by atoms with Gasteiger partial charge in [0.05, 0.1) is 0 Å². The van der Waals surface area contributed by atoms with E-state index < -0.39 is 0 Å². The van der Waals surface area contributed by atoms with Gasteiger partial charge < -0.3 is 20.4 Å². The Labute approximate surface area is 222 Å². The molecule has 4 aliphatic carbocycles. The van der Waals surface area contributed by atoms with Crippen LogP contribution in [-0.2, 0) is 36.5 Å². The summed E-state index contributed by atoms with van der Waals surface area (Å²) in [6, 6.07) is 23.1. The van der Waals surface area contributed by atoms with Crippen molar-refractivity contribution in [2.75, 3.05) is 0 Å². The first-order chi connectivity index (χ1) is 18.4. The highest BCUT2D eigenvalue weighted by Gasteiger charge is 2.49. The maximum Gasteiger partial charge on any atom is 0.119 e. The topological polar surface area (TPSA) is 80.9 Å². The van der Waals surface area contributed by atoms with E-state index in [1.54, 1.807) is 24.3 Å². The second-order valence-corrected chi connectivity index (χ2v) is 11.4. The molecule has 0 unspecified atom stereocenters. The molecule has 0 saturated heterocycles. The van der Waals surface area contributed by atoms with Gasteiger partial charge >= 0.3 is 0 Å². The smallest absolute Gasteiger partial charge is 0.119 e. The van der Waals surface area contributed by atoms with E-state index in [-0.39, 0.29) is 10.8 Å². The van der Waals surface area contributed by atoms with Crippen LogP contribution in [0.15, 0.2) is 72.8 Å². The van der Waals surface area contributed by atoms with Crippen LogP contribution in [0.25, 0.3) is 0 Å². The molecule has 0 bridgehead atoms. The molecule has 4 heteroatoms. The van der Waals surface area contributed by atoms with Crippen molar-refractivity contribution in [3.63, 3.8) is 0 Å². The number of hydrogen-bond acceptors (Lipinski definition) is 4. The van der Waals surface area contributed by atoms with Crippen LogP contribution in [0.2, 0.25) is 0 Å². The monoisotopic (exact) mass is 504 g/mol. The lowest BCUT2D eigenvalue weighted by Crippen LogP contribution is -2.21. The fourth-order valence-corrected chi connectivity index (χ4v) is 8.28. The molecule has 4 nitrogen and oxygen atoms in total. The normalized spacial score (nSPS) is 18.5. The summed E-state index contributed by atoms with van der Waals surface area (Å²) >= 11 is 0. The fraction of sp³-hybridized carbons (Fsp3) is 0.294. The number of fused-ring (bicyclic) bond motifs is 8. The Morgan fingerprint density at radius 3 is 0.842 bits per heavy atom. The minimum atomic E-state index is -0.165. The number of rotatable bonds is 0. The molecule has 4 aliphatic rings. The van der Waals surface area contributed by atoms with E-state index in [4.69, 9.17) is 0 Å². The first-order valence-corrected chi connectivity index (χ1v) is 13.7. The second kappa shape index (κ2) is 8.29. The van der Waals surface area contributed by atoms with Crippen LogP contribution >= 0.6 is 0 Å². The molecular weight excluding hydrogens is 472 g/mol. The molecule has 0 aliphatic heterocycles. The minimum Gasteiger partial charge on any atom is -0.508 e. The molecular formula is C34H32O4. The number of phenols is 4. The van der Waals surface area contributed by atoms with Gasteiger partial charge in [-0.15, -0.1) is 0 Å². The number of aromatic hydroxyl groups is 4. The highest BCUT2D eigenvalue weighted by molar-refractivity contribution is 5.63. The van der Waals surface area contributed by atoms with E-state index in [1.807, 2.05) is 24.3 Å². The molecule has 4 aromatic rings. The molecule has 0 aromatic heterocycles. The van der Waals surface area contributed by atoms with Crippen LogP contribution in [0.4, 0.5) is 0 Å². The maximum absolute atomic E-state index is 10.3. The molecule has 0 amide bonds. The maximum atomic E-state index is 10.3. The van der Waals surface area contributed by atoms with Gasteiger partial charge in [-0.05, 0) is 97.9 Å². The van der Waals surface area contributed by atoms with Gasteiger partial charge in [-0.1, -0.05) is 48.5 Å². The molecule has 0 fully saturated rings. The van der Waals surface area contributed by atoms with Crippen molar-refractivity contribution in [1.82, 2.24) is 0 Å². The van der Waals surface area contributed by atoms with E-state index in [9.17, 15) is 20.4 Å². The zero-order valence-corrected chi connectivity index (χ0v) is 21.4. The predicted molar refractivity (Wildman–Crippen MR) is 147 cm³/mol. The lowest BCUT2D eigenvalue weighted by Gasteiger charge is -2.27. The van der Waals surface area contributed by atoms with Gasteiger partial charge in [-0.3, -0.25) is 0 Å². The number of phenolic OH excluding ortho intramolecular Hbond substituents is 4. The summed E-state index contributed by atoms with van der Waals surface area (Å²) in [5.74, 6) is 1.52. The molecule has 192 valence electrons. The second-order valence-electron chi connectivity index (χ2n) is 11.4. The summed E-state index contributed by atoms with van der Waals surface area (Å²) in [6.45, 7) is 0. The standard InChI is InChI=1S/2C17H16O2/c2*18-13-5-1-3-11-7-9-17(15(11)13)10-8-12-4-2-6-14(19)16(12)17/h2*1-6,18-19H,7-10H2. The molecule has 8 rings (SSSR count). The first kappa shape index (κ1) is 23.2. The van der Waals surface area contributed by atoms with Crippen molar-refractivity contribution in [2.24, 2.45) is 0 Å². The van der Waals surface area contributed by atoms with Crippen molar-refractivity contribution >= 4 is 0 Å². The van der Waals surface area contributed by atoms with E-state index >= 15 is 0 Å². The van der Waals surface area contributed by atoms with Gasteiger partial charge in [0.1, 0.15) is 23.0 Å². The van der Waals surface area contributed by atoms with Crippen molar-refractivity contribution in [3.8, 4) is 23.0 Å². The third kappa shape index (κ3) is 3.09. The van der Waals surface area contributed by atoms with Gasteiger partial charge in [-0.25, -0.2) is 0 Å².